The van der Waals surface area contributed by atoms with E-state index < -0.39 is 32.6 Å². The number of nitro groups is 1. The summed E-state index contributed by atoms with van der Waals surface area (Å²) in [6, 6.07) is 2.46. The first kappa shape index (κ1) is 15.8. The lowest BCUT2D eigenvalue weighted by atomic mass is 9.98. The van der Waals surface area contributed by atoms with Gasteiger partial charge < -0.3 is 5.11 Å². The van der Waals surface area contributed by atoms with Gasteiger partial charge in [0.2, 0.25) is 15.8 Å². The molecule has 0 spiro atoms. The molecular formula is C12H15FN2O5S. The van der Waals surface area contributed by atoms with Crippen molar-refractivity contribution in [3.8, 4) is 0 Å². The fraction of sp³-hybridized carbons (Fsp3) is 0.500. The van der Waals surface area contributed by atoms with Crippen molar-refractivity contribution in [1.82, 2.24) is 4.31 Å². The highest BCUT2D eigenvalue weighted by Gasteiger charge is 2.33. The second-order valence-corrected chi connectivity index (χ2v) is 7.00. The monoisotopic (exact) mass is 318 g/mol. The van der Waals surface area contributed by atoms with E-state index in [0.717, 1.165) is 16.4 Å². The van der Waals surface area contributed by atoms with Gasteiger partial charge >= 0.3 is 5.69 Å². The van der Waals surface area contributed by atoms with Gasteiger partial charge in [0.15, 0.2) is 0 Å². The molecule has 0 aromatic heterocycles. The Balaban J connectivity index is 2.32. The summed E-state index contributed by atoms with van der Waals surface area (Å²) in [5, 5.41) is 20.3. The topological polar surface area (TPSA) is 101 Å². The molecule has 1 aliphatic rings. The van der Waals surface area contributed by atoms with Gasteiger partial charge in [-0.3, -0.25) is 10.1 Å². The molecule has 1 N–H and O–H groups in total. The van der Waals surface area contributed by atoms with Crippen LogP contribution >= 0.6 is 0 Å². The first-order chi connectivity index (χ1) is 9.73. The smallest absolute Gasteiger partial charge is 0.304 e. The van der Waals surface area contributed by atoms with Crippen LogP contribution in [0.4, 0.5) is 10.1 Å². The molecule has 1 heterocycles. The molecule has 0 amide bonds. The Kier molecular flexibility index (Phi) is 4.26. The van der Waals surface area contributed by atoms with Crippen LogP contribution < -0.4 is 0 Å². The Labute approximate surface area is 121 Å². The normalized spacial score (nSPS) is 24.0. The predicted octanol–water partition coefficient (Wildman–Crippen LogP) is 1.13. The maximum absolute atomic E-state index is 13.6. The van der Waals surface area contributed by atoms with Crippen molar-refractivity contribution < 1.29 is 22.8 Å². The lowest BCUT2D eigenvalue weighted by molar-refractivity contribution is -0.387. The van der Waals surface area contributed by atoms with E-state index in [9.17, 15) is 28.0 Å². The van der Waals surface area contributed by atoms with Gasteiger partial charge in [0.1, 0.15) is 0 Å². The number of piperidine rings is 1. The number of hydrogen-bond acceptors (Lipinski definition) is 5. The molecule has 1 aromatic carbocycles. The summed E-state index contributed by atoms with van der Waals surface area (Å²) in [6.45, 7) is 1.97. The summed E-state index contributed by atoms with van der Waals surface area (Å²) in [7, 11) is -3.97. The molecule has 1 aliphatic heterocycles. The molecule has 0 saturated carbocycles. The number of β-amino-alcohol motifs (C(OH)–C–C–N with tert-alkyl or cyclic N) is 1. The van der Waals surface area contributed by atoms with Crippen LogP contribution in [0.2, 0.25) is 0 Å². The Morgan fingerprint density at radius 1 is 1.48 bits per heavy atom. The van der Waals surface area contributed by atoms with Crippen molar-refractivity contribution in [3.05, 3.63) is 34.1 Å². The minimum absolute atomic E-state index is 0.00922. The van der Waals surface area contributed by atoms with Crippen LogP contribution in [0.15, 0.2) is 23.1 Å². The molecule has 7 nitrogen and oxygen atoms in total. The van der Waals surface area contributed by atoms with Gasteiger partial charge in [-0.25, -0.2) is 8.42 Å². The third-order valence-electron chi connectivity index (χ3n) is 3.64. The zero-order valence-corrected chi connectivity index (χ0v) is 12.1. The van der Waals surface area contributed by atoms with Crippen LogP contribution in [-0.2, 0) is 10.0 Å². The number of hydrogen-bond donors (Lipinski definition) is 1. The van der Waals surface area contributed by atoms with E-state index in [4.69, 9.17) is 0 Å². The minimum Gasteiger partial charge on any atom is -0.391 e. The largest absolute Gasteiger partial charge is 0.391 e. The van der Waals surface area contributed by atoms with E-state index in [1.165, 1.54) is 0 Å². The first-order valence-electron chi connectivity index (χ1n) is 6.35. The van der Waals surface area contributed by atoms with E-state index in [-0.39, 0.29) is 23.9 Å². The lowest BCUT2D eigenvalue weighted by Crippen LogP contribution is -2.45. The van der Waals surface area contributed by atoms with Gasteiger partial charge in [0.05, 0.1) is 15.9 Å². The minimum atomic E-state index is -3.97. The van der Waals surface area contributed by atoms with Crippen molar-refractivity contribution in [3.63, 3.8) is 0 Å². The van der Waals surface area contributed by atoms with E-state index in [1.807, 2.05) is 6.92 Å². The number of benzene rings is 1. The molecule has 2 unspecified atom stereocenters. The molecule has 2 rings (SSSR count). The van der Waals surface area contributed by atoms with Crippen LogP contribution in [-0.4, -0.2) is 41.9 Å². The second kappa shape index (κ2) is 5.66. The molecule has 2 atom stereocenters. The summed E-state index contributed by atoms with van der Waals surface area (Å²) < 4.78 is 39.3. The fourth-order valence-corrected chi connectivity index (χ4v) is 3.67. The highest BCUT2D eigenvalue weighted by molar-refractivity contribution is 7.89. The van der Waals surface area contributed by atoms with Gasteiger partial charge in [-0.2, -0.15) is 8.70 Å². The summed E-state index contributed by atoms with van der Waals surface area (Å²) in [4.78, 5) is 9.26. The third-order valence-corrected chi connectivity index (χ3v) is 5.50. The van der Waals surface area contributed by atoms with Gasteiger partial charge in [-0.1, -0.05) is 6.92 Å². The first-order valence-corrected chi connectivity index (χ1v) is 7.79. The molecule has 9 heteroatoms. The Hall–Kier alpha value is -1.58. The van der Waals surface area contributed by atoms with Crippen molar-refractivity contribution in [2.75, 3.05) is 13.1 Å². The fourth-order valence-electron chi connectivity index (χ4n) is 2.18. The van der Waals surface area contributed by atoms with Crippen molar-refractivity contribution in [1.29, 1.82) is 0 Å². The Morgan fingerprint density at radius 2 is 2.14 bits per heavy atom. The molecule has 21 heavy (non-hydrogen) atoms. The number of halogens is 1. The molecule has 0 radical (unpaired) electrons. The molecule has 0 bridgehead atoms. The maximum Gasteiger partial charge on any atom is 0.304 e. The van der Waals surface area contributed by atoms with E-state index in [1.54, 1.807) is 0 Å². The van der Waals surface area contributed by atoms with Crippen molar-refractivity contribution >= 4 is 15.7 Å². The van der Waals surface area contributed by atoms with Gasteiger partial charge in [0, 0.05) is 25.2 Å². The second-order valence-electron chi connectivity index (χ2n) is 5.07. The summed E-state index contributed by atoms with van der Waals surface area (Å²) in [5.41, 5.74) is -0.777. The SMILES string of the molecule is CC1CCN(S(=O)(=O)c2ccc([N+](=O)[O-])c(F)c2)CC1O. The van der Waals surface area contributed by atoms with Crippen LogP contribution in [0.5, 0.6) is 0 Å². The van der Waals surface area contributed by atoms with Gasteiger partial charge in [-0.05, 0) is 18.4 Å². The van der Waals surface area contributed by atoms with E-state index >= 15 is 0 Å². The van der Waals surface area contributed by atoms with Gasteiger partial charge in [0.25, 0.3) is 0 Å². The third kappa shape index (κ3) is 3.04. The summed E-state index contributed by atoms with van der Waals surface area (Å²) in [6.07, 6.45) is -0.285. The average molecular weight is 318 g/mol. The zero-order chi connectivity index (χ0) is 15.8. The van der Waals surface area contributed by atoms with Crippen LogP contribution in [0, 0.1) is 21.8 Å². The predicted molar refractivity (Wildman–Crippen MR) is 71.6 cm³/mol. The zero-order valence-electron chi connectivity index (χ0n) is 11.3. The number of nitrogens with zero attached hydrogens (tertiary/aromatic N) is 2. The molecule has 116 valence electrons. The standard InChI is InChI=1S/C12H15FN2O5S/c1-8-4-5-14(7-12(8)16)21(19,20)9-2-3-11(15(17)18)10(13)6-9/h2-3,6,8,12,16H,4-5,7H2,1H3. The number of aliphatic hydroxyl groups is 1. The molecule has 1 aromatic rings. The highest BCUT2D eigenvalue weighted by Crippen LogP contribution is 2.26. The average Bonchev–Trinajstić information content (AvgIpc) is 2.41. The summed E-state index contributed by atoms with van der Waals surface area (Å²) in [5.74, 6) is -1.21. The summed E-state index contributed by atoms with van der Waals surface area (Å²) >= 11 is 0. The van der Waals surface area contributed by atoms with Gasteiger partial charge in [-0.15, -0.1) is 0 Å². The van der Waals surface area contributed by atoms with Crippen LogP contribution in [0.25, 0.3) is 0 Å². The number of rotatable bonds is 3. The Bertz CT molecular complexity index is 664. The lowest BCUT2D eigenvalue weighted by Gasteiger charge is -2.33. The number of aliphatic hydroxyl groups excluding tert-OH is 1. The highest BCUT2D eigenvalue weighted by atomic mass is 32.2. The molecule has 0 aliphatic carbocycles. The van der Waals surface area contributed by atoms with E-state index in [2.05, 4.69) is 0 Å². The van der Waals surface area contributed by atoms with Crippen molar-refractivity contribution in [2.45, 2.75) is 24.3 Å². The Morgan fingerprint density at radius 3 is 2.67 bits per heavy atom. The van der Waals surface area contributed by atoms with Crippen LogP contribution in [0.3, 0.4) is 0 Å². The maximum atomic E-state index is 13.6. The molecular weight excluding hydrogens is 303 g/mol. The molecule has 1 fully saturated rings. The van der Waals surface area contributed by atoms with E-state index in [0.29, 0.717) is 12.5 Å². The quantitative estimate of drug-likeness (QED) is 0.665. The number of nitro benzene ring substituents is 1. The van der Waals surface area contributed by atoms with Crippen LogP contribution in [0.1, 0.15) is 13.3 Å². The number of sulfonamides is 1. The molecule has 1 saturated heterocycles. The van der Waals surface area contributed by atoms with Crippen molar-refractivity contribution in [2.24, 2.45) is 5.92 Å².